The van der Waals surface area contributed by atoms with Gasteiger partial charge in [0.05, 0.1) is 0 Å². The molecule has 1 aromatic rings. The molecule has 0 bridgehead atoms. The molecule has 1 fully saturated rings. The summed E-state index contributed by atoms with van der Waals surface area (Å²) in [7, 11) is 0. The van der Waals surface area contributed by atoms with E-state index in [4.69, 9.17) is 0 Å². The fourth-order valence-electron chi connectivity index (χ4n) is 3.89. The number of rotatable bonds is 3. The minimum atomic E-state index is 0.546. The number of hydrogen-bond acceptors (Lipinski definition) is 1. The molecule has 0 amide bonds. The van der Waals surface area contributed by atoms with Gasteiger partial charge in [0.1, 0.15) is 0 Å². The van der Waals surface area contributed by atoms with Gasteiger partial charge in [-0.25, -0.2) is 0 Å². The van der Waals surface area contributed by atoms with E-state index in [2.05, 4.69) is 37.4 Å². The molecule has 0 spiro atoms. The van der Waals surface area contributed by atoms with E-state index in [-0.39, 0.29) is 0 Å². The fraction of sp³-hybridized carbons (Fsp3) is 0.667. The van der Waals surface area contributed by atoms with Crippen molar-refractivity contribution in [2.75, 3.05) is 6.54 Å². The Morgan fingerprint density at radius 3 is 2.79 bits per heavy atom. The summed E-state index contributed by atoms with van der Waals surface area (Å²) in [6.45, 7) is 5.88. The second-order valence-corrected chi connectivity index (χ2v) is 7.05. The van der Waals surface area contributed by atoms with Crippen LogP contribution in [0, 0.1) is 12.3 Å². The van der Waals surface area contributed by atoms with Crippen LogP contribution in [0.3, 0.4) is 0 Å². The molecule has 1 N–H and O–H groups in total. The van der Waals surface area contributed by atoms with Crippen molar-refractivity contribution in [1.82, 2.24) is 5.32 Å². The molecule has 19 heavy (non-hydrogen) atoms. The molecular formula is C18H27N. The van der Waals surface area contributed by atoms with Crippen LogP contribution in [0.25, 0.3) is 0 Å². The van der Waals surface area contributed by atoms with Gasteiger partial charge in [0, 0.05) is 12.6 Å². The molecule has 1 saturated carbocycles. The Hall–Kier alpha value is -0.820. The average Bonchev–Trinajstić information content (AvgIpc) is 2.80. The Morgan fingerprint density at radius 1 is 1.21 bits per heavy atom. The molecule has 1 unspecified atom stereocenters. The van der Waals surface area contributed by atoms with Crippen LogP contribution in [0.2, 0.25) is 0 Å². The van der Waals surface area contributed by atoms with Crippen molar-refractivity contribution in [3.63, 3.8) is 0 Å². The lowest BCUT2D eigenvalue weighted by Gasteiger charge is -2.35. The third-order valence-corrected chi connectivity index (χ3v) is 5.22. The molecule has 1 atom stereocenters. The van der Waals surface area contributed by atoms with E-state index in [9.17, 15) is 0 Å². The first kappa shape index (κ1) is 13.2. The average molecular weight is 257 g/mol. The molecule has 2 aliphatic rings. The van der Waals surface area contributed by atoms with E-state index in [1.807, 2.05) is 0 Å². The van der Waals surface area contributed by atoms with Gasteiger partial charge in [-0.05, 0) is 49.1 Å². The standard InChI is InChI=1S/C18H27N/c1-14-6-7-15-8-9-17(16(15)12-14)19-13-18(2)10-4-3-5-11-18/h6-7,12,17,19H,3-5,8-11,13H2,1-2H3. The zero-order valence-corrected chi connectivity index (χ0v) is 12.5. The van der Waals surface area contributed by atoms with Crippen LogP contribution in [-0.2, 0) is 6.42 Å². The molecule has 0 heterocycles. The summed E-state index contributed by atoms with van der Waals surface area (Å²) in [4.78, 5) is 0. The zero-order valence-electron chi connectivity index (χ0n) is 12.5. The summed E-state index contributed by atoms with van der Waals surface area (Å²) in [6.07, 6.45) is 9.66. The first-order valence-electron chi connectivity index (χ1n) is 7.99. The summed E-state index contributed by atoms with van der Waals surface area (Å²) in [5, 5.41) is 3.88. The lowest BCUT2D eigenvalue weighted by atomic mass is 9.75. The van der Waals surface area contributed by atoms with E-state index < -0.39 is 0 Å². The van der Waals surface area contributed by atoms with Crippen molar-refractivity contribution in [2.24, 2.45) is 5.41 Å². The third kappa shape index (κ3) is 2.86. The van der Waals surface area contributed by atoms with Gasteiger partial charge in [-0.2, -0.15) is 0 Å². The van der Waals surface area contributed by atoms with Crippen LogP contribution in [-0.4, -0.2) is 6.54 Å². The highest BCUT2D eigenvalue weighted by Crippen LogP contribution is 2.37. The summed E-state index contributed by atoms with van der Waals surface area (Å²) in [6, 6.07) is 7.58. The first-order chi connectivity index (χ1) is 9.16. The van der Waals surface area contributed by atoms with Crippen molar-refractivity contribution in [3.05, 3.63) is 34.9 Å². The van der Waals surface area contributed by atoms with Gasteiger partial charge in [-0.15, -0.1) is 0 Å². The number of hydrogen-bond donors (Lipinski definition) is 1. The molecule has 0 aliphatic heterocycles. The molecule has 0 radical (unpaired) electrons. The second-order valence-electron chi connectivity index (χ2n) is 7.05. The van der Waals surface area contributed by atoms with Gasteiger partial charge >= 0.3 is 0 Å². The van der Waals surface area contributed by atoms with E-state index in [0.717, 1.165) is 0 Å². The van der Waals surface area contributed by atoms with Gasteiger partial charge < -0.3 is 5.32 Å². The smallest absolute Gasteiger partial charge is 0.0326 e. The summed E-state index contributed by atoms with van der Waals surface area (Å²) in [5.41, 5.74) is 5.08. The maximum absolute atomic E-state index is 3.88. The molecular weight excluding hydrogens is 230 g/mol. The van der Waals surface area contributed by atoms with Crippen molar-refractivity contribution >= 4 is 0 Å². The van der Waals surface area contributed by atoms with Crippen molar-refractivity contribution < 1.29 is 0 Å². The number of nitrogens with one attached hydrogen (secondary N) is 1. The van der Waals surface area contributed by atoms with Gasteiger partial charge in [0.25, 0.3) is 0 Å². The number of aryl methyl sites for hydroxylation is 2. The highest BCUT2D eigenvalue weighted by molar-refractivity contribution is 5.37. The maximum atomic E-state index is 3.88. The van der Waals surface area contributed by atoms with Crippen molar-refractivity contribution in [3.8, 4) is 0 Å². The van der Waals surface area contributed by atoms with Crippen LogP contribution < -0.4 is 5.32 Å². The largest absolute Gasteiger partial charge is 0.309 e. The molecule has 3 rings (SSSR count). The van der Waals surface area contributed by atoms with Crippen LogP contribution in [0.5, 0.6) is 0 Å². The normalized spacial score (nSPS) is 25.3. The molecule has 0 saturated heterocycles. The van der Waals surface area contributed by atoms with Crippen LogP contribution >= 0.6 is 0 Å². The van der Waals surface area contributed by atoms with E-state index in [0.29, 0.717) is 11.5 Å². The monoisotopic (exact) mass is 257 g/mol. The van der Waals surface area contributed by atoms with Crippen molar-refractivity contribution in [1.29, 1.82) is 0 Å². The van der Waals surface area contributed by atoms with Gasteiger partial charge in [0.15, 0.2) is 0 Å². The predicted molar refractivity (Wildman–Crippen MR) is 81.4 cm³/mol. The Balaban J connectivity index is 1.64. The lowest BCUT2D eigenvalue weighted by Crippen LogP contribution is -2.35. The predicted octanol–water partition coefficient (Wildman–Crippen LogP) is 4.54. The molecule has 1 heteroatoms. The Labute approximate surface area is 117 Å². The van der Waals surface area contributed by atoms with E-state index >= 15 is 0 Å². The molecule has 1 aromatic carbocycles. The maximum Gasteiger partial charge on any atom is 0.0326 e. The van der Waals surface area contributed by atoms with Gasteiger partial charge in [-0.1, -0.05) is 49.9 Å². The summed E-state index contributed by atoms with van der Waals surface area (Å²) < 4.78 is 0. The van der Waals surface area contributed by atoms with Crippen LogP contribution in [0.1, 0.15) is 68.2 Å². The highest BCUT2D eigenvalue weighted by Gasteiger charge is 2.29. The molecule has 0 aromatic heterocycles. The SMILES string of the molecule is Cc1ccc2c(c1)C(NCC1(C)CCCCC1)CC2. The number of benzene rings is 1. The fourth-order valence-corrected chi connectivity index (χ4v) is 3.89. The third-order valence-electron chi connectivity index (χ3n) is 5.22. The molecule has 1 nitrogen and oxygen atoms in total. The Morgan fingerprint density at radius 2 is 2.00 bits per heavy atom. The molecule has 2 aliphatic carbocycles. The molecule has 104 valence electrons. The topological polar surface area (TPSA) is 12.0 Å². The van der Waals surface area contributed by atoms with Crippen molar-refractivity contribution in [2.45, 2.75) is 64.8 Å². The van der Waals surface area contributed by atoms with Crippen LogP contribution in [0.15, 0.2) is 18.2 Å². The van der Waals surface area contributed by atoms with Crippen LogP contribution in [0.4, 0.5) is 0 Å². The zero-order chi connectivity index (χ0) is 13.3. The number of fused-ring (bicyclic) bond motifs is 1. The summed E-state index contributed by atoms with van der Waals surface area (Å²) >= 11 is 0. The Kier molecular flexibility index (Phi) is 3.66. The quantitative estimate of drug-likeness (QED) is 0.838. The minimum absolute atomic E-state index is 0.546. The second kappa shape index (κ2) is 5.28. The first-order valence-corrected chi connectivity index (χ1v) is 7.99. The minimum Gasteiger partial charge on any atom is -0.309 e. The Bertz CT molecular complexity index is 443. The summed E-state index contributed by atoms with van der Waals surface area (Å²) in [5.74, 6) is 0. The lowest BCUT2D eigenvalue weighted by molar-refractivity contribution is 0.200. The van der Waals surface area contributed by atoms with Gasteiger partial charge in [-0.3, -0.25) is 0 Å². The highest BCUT2D eigenvalue weighted by atomic mass is 14.9. The van der Waals surface area contributed by atoms with E-state index in [1.165, 1.54) is 57.1 Å². The van der Waals surface area contributed by atoms with E-state index in [1.54, 1.807) is 11.1 Å². The van der Waals surface area contributed by atoms with Gasteiger partial charge in [0.2, 0.25) is 0 Å².